The SMILES string of the molecule is O=C(Nc1ccc(Oc2ccccc2)cc1)c1cccnc1OC1CCSC1. The molecular formula is C22H20N2O3S. The van der Waals surface area contributed by atoms with Crippen molar-refractivity contribution in [2.24, 2.45) is 0 Å². The number of carbonyl (C=O) groups excluding carboxylic acids is 1. The van der Waals surface area contributed by atoms with Gasteiger partial charge in [-0.25, -0.2) is 4.98 Å². The summed E-state index contributed by atoms with van der Waals surface area (Å²) in [4.78, 5) is 17.0. The zero-order valence-corrected chi connectivity index (χ0v) is 16.0. The number of rotatable bonds is 6. The average Bonchev–Trinajstić information content (AvgIpc) is 3.24. The van der Waals surface area contributed by atoms with Crippen LogP contribution < -0.4 is 14.8 Å². The van der Waals surface area contributed by atoms with Gasteiger partial charge in [-0.15, -0.1) is 0 Å². The van der Waals surface area contributed by atoms with Crippen LogP contribution in [0.25, 0.3) is 0 Å². The fraction of sp³-hybridized carbons (Fsp3) is 0.182. The number of carbonyl (C=O) groups is 1. The van der Waals surface area contributed by atoms with Crippen molar-refractivity contribution in [2.75, 3.05) is 16.8 Å². The number of benzene rings is 2. The molecule has 1 aromatic heterocycles. The molecule has 6 heteroatoms. The Hall–Kier alpha value is -2.99. The van der Waals surface area contributed by atoms with Gasteiger partial charge in [0.1, 0.15) is 23.2 Å². The number of pyridine rings is 1. The molecule has 1 unspecified atom stereocenters. The molecule has 0 saturated carbocycles. The van der Waals surface area contributed by atoms with Gasteiger partial charge in [0.05, 0.1) is 0 Å². The van der Waals surface area contributed by atoms with Gasteiger partial charge in [-0.05, 0) is 60.7 Å². The number of anilines is 1. The number of hydrogen-bond acceptors (Lipinski definition) is 5. The van der Waals surface area contributed by atoms with Crippen LogP contribution in [0.4, 0.5) is 5.69 Å². The third-order valence-corrected chi connectivity index (χ3v) is 5.40. The molecule has 1 aliphatic rings. The monoisotopic (exact) mass is 392 g/mol. The van der Waals surface area contributed by atoms with Gasteiger partial charge < -0.3 is 14.8 Å². The van der Waals surface area contributed by atoms with Crippen LogP contribution in [0.3, 0.4) is 0 Å². The van der Waals surface area contributed by atoms with E-state index in [0.717, 1.165) is 23.7 Å². The molecule has 28 heavy (non-hydrogen) atoms. The number of aromatic nitrogens is 1. The number of amides is 1. The lowest BCUT2D eigenvalue weighted by Crippen LogP contribution is -2.20. The summed E-state index contributed by atoms with van der Waals surface area (Å²) in [6.45, 7) is 0. The van der Waals surface area contributed by atoms with Crippen molar-refractivity contribution < 1.29 is 14.3 Å². The maximum absolute atomic E-state index is 12.7. The Balaban J connectivity index is 1.42. The predicted octanol–water partition coefficient (Wildman–Crippen LogP) is 5.01. The lowest BCUT2D eigenvalue weighted by molar-refractivity contribution is 0.101. The largest absolute Gasteiger partial charge is 0.473 e. The zero-order chi connectivity index (χ0) is 19.2. The molecule has 2 heterocycles. The van der Waals surface area contributed by atoms with Crippen LogP contribution in [-0.2, 0) is 0 Å². The molecule has 1 N–H and O–H groups in total. The van der Waals surface area contributed by atoms with Gasteiger partial charge in [-0.3, -0.25) is 4.79 Å². The summed E-state index contributed by atoms with van der Waals surface area (Å²) in [7, 11) is 0. The molecule has 1 atom stereocenters. The van der Waals surface area contributed by atoms with Crippen molar-refractivity contribution in [3.8, 4) is 17.4 Å². The number of ether oxygens (including phenoxy) is 2. The van der Waals surface area contributed by atoms with Gasteiger partial charge in [0.15, 0.2) is 0 Å². The first-order chi connectivity index (χ1) is 13.8. The molecule has 0 aliphatic carbocycles. The first-order valence-electron chi connectivity index (χ1n) is 9.12. The van der Waals surface area contributed by atoms with Crippen LogP contribution in [-0.4, -0.2) is 28.5 Å². The first-order valence-corrected chi connectivity index (χ1v) is 10.3. The number of thioether (sulfide) groups is 1. The van der Waals surface area contributed by atoms with Crippen molar-refractivity contribution in [1.29, 1.82) is 0 Å². The van der Waals surface area contributed by atoms with Gasteiger partial charge in [0.2, 0.25) is 5.88 Å². The minimum Gasteiger partial charge on any atom is -0.473 e. The second-order valence-corrected chi connectivity index (χ2v) is 7.50. The van der Waals surface area contributed by atoms with Crippen molar-refractivity contribution in [1.82, 2.24) is 4.98 Å². The lowest BCUT2D eigenvalue weighted by Gasteiger charge is -2.14. The van der Waals surface area contributed by atoms with Crippen molar-refractivity contribution in [2.45, 2.75) is 12.5 Å². The summed E-state index contributed by atoms with van der Waals surface area (Å²) in [5.74, 6) is 3.62. The Labute approximate surface area is 168 Å². The Morgan fingerprint density at radius 1 is 1.00 bits per heavy atom. The van der Waals surface area contributed by atoms with Crippen LogP contribution in [0.2, 0.25) is 0 Å². The fourth-order valence-corrected chi connectivity index (χ4v) is 3.94. The van der Waals surface area contributed by atoms with E-state index in [2.05, 4.69) is 10.3 Å². The predicted molar refractivity (Wildman–Crippen MR) is 112 cm³/mol. The molecule has 0 radical (unpaired) electrons. The third-order valence-electron chi connectivity index (χ3n) is 4.27. The maximum atomic E-state index is 12.7. The van der Waals surface area contributed by atoms with Crippen LogP contribution in [0.5, 0.6) is 17.4 Å². The molecular weight excluding hydrogens is 372 g/mol. The quantitative estimate of drug-likeness (QED) is 0.639. The summed E-state index contributed by atoms with van der Waals surface area (Å²) >= 11 is 1.85. The Bertz CT molecular complexity index is 926. The van der Waals surface area contributed by atoms with Crippen LogP contribution in [0.1, 0.15) is 16.8 Å². The minimum atomic E-state index is -0.245. The summed E-state index contributed by atoms with van der Waals surface area (Å²) in [5, 5.41) is 2.89. The molecule has 142 valence electrons. The molecule has 0 bridgehead atoms. The number of nitrogens with zero attached hydrogens (tertiary/aromatic N) is 1. The zero-order valence-electron chi connectivity index (χ0n) is 15.2. The number of hydrogen-bond donors (Lipinski definition) is 1. The Morgan fingerprint density at radius 3 is 2.54 bits per heavy atom. The lowest BCUT2D eigenvalue weighted by atomic mass is 10.2. The average molecular weight is 392 g/mol. The second-order valence-electron chi connectivity index (χ2n) is 6.35. The van der Waals surface area contributed by atoms with Gasteiger partial charge in [0.25, 0.3) is 5.91 Å². The third kappa shape index (κ3) is 4.64. The van der Waals surface area contributed by atoms with E-state index in [9.17, 15) is 4.79 Å². The van der Waals surface area contributed by atoms with Gasteiger partial charge in [0, 0.05) is 17.6 Å². The smallest absolute Gasteiger partial charge is 0.261 e. The molecule has 0 spiro atoms. The molecule has 1 fully saturated rings. The summed E-state index contributed by atoms with van der Waals surface area (Å²) in [6.07, 6.45) is 2.73. The molecule has 1 saturated heterocycles. The van der Waals surface area contributed by atoms with E-state index >= 15 is 0 Å². The van der Waals surface area contributed by atoms with Crippen LogP contribution >= 0.6 is 11.8 Å². The van der Waals surface area contributed by atoms with Crippen molar-refractivity contribution in [3.63, 3.8) is 0 Å². The van der Waals surface area contributed by atoms with E-state index in [1.54, 1.807) is 30.5 Å². The molecule has 5 nitrogen and oxygen atoms in total. The van der Waals surface area contributed by atoms with Gasteiger partial charge >= 0.3 is 0 Å². The van der Waals surface area contributed by atoms with Gasteiger partial charge in [-0.1, -0.05) is 18.2 Å². The number of nitrogens with one attached hydrogen (secondary N) is 1. The van der Waals surface area contributed by atoms with E-state index in [4.69, 9.17) is 9.47 Å². The van der Waals surface area contributed by atoms with E-state index < -0.39 is 0 Å². The highest BCUT2D eigenvalue weighted by Crippen LogP contribution is 2.26. The molecule has 4 rings (SSSR count). The minimum absolute atomic E-state index is 0.112. The highest BCUT2D eigenvalue weighted by atomic mass is 32.2. The number of para-hydroxylation sites is 1. The summed E-state index contributed by atoms with van der Waals surface area (Å²) in [5.41, 5.74) is 1.11. The molecule has 1 aliphatic heterocycles. The van der Waals surface area contributed by atoms with E-state index in [1.165, 1.54) is 0 Å². The topological polar surface area (TPSA) is 60.5 Å². The maximum Gasteiger partial charge on any atom is 0.261 e. The van der Waals surface area contributed by atoms with Crippen LogP contribution in [0, 0.1) is 0 Å². The van der Waals surface area contributed by atoms with E-state index in [1.807, 2.05) is 54.2 Å². The van der Waals surface area contributed by atoms with Gasteiger partial charge in [-0.2, -0.15) is 11.8 Å². The normalized spacial score (nSPS) is 15.8. The Morgan fingerprint density at radius 2 is 1.79 bits per heavy atom. The molecule has 1 amide bonds. The fourth-order valence-electron chi connectivity index (χ4n) is 2.85. The summed E-state index contributed by atoms with van der Waals surface area (Å²) in [6, 6.07) is 20.3. The second kappa shape index (κ2) is 8.80. The molecule has 3 aromatic rings. The highest BCUT2D eigenvalue weighted by molar-refractivity contribution is 7.99. The highest BCUT2D eigenvalue weighted by Gasteiger charge is 2.21. The first kappa shape index (κ1) is 18.4. The summed E-state index contributed by atoms with van der Waals surface area (Å²) < 4.78 is 11.7. The van der Waals surface area contributed by atoms with Crippen LogP contribution in [0.15, 0.2) is 72.9 Å². The standard InChI is InChI=1S/C22H20N2O3S/c25-21(20-7-4-13-23-22(20)27-19-12-14-28-15-19)24-16-8-10-18(11-9-16)26-17-5-2-1-3-6-17/h1-11,13,19H,12,14-15H2,(H,24,25). The van der Waals surface area contributed by atoms with Crippen molar-refractivity contribution >= 4 is 23.4 Å². The Kier molecular flexibility index (Phi) is 5.77. The molecule has 2 aromatic carbocycles. The van der Waals surface area contributed by atoms with E-state index in [-0.39, 0.29) is 12.0 Å². The van der Waals surface area contributed by atoms with Crippen molar-refractivity contribution in [3.05, 3.63) is 78.5 Å². The van der Waals surface area contributed by atoms with E-state index in [0.29, 0.717) is 22.9 Å².